The van der Waals surface area contributed by atoms with Crippen LogP contribution in [0.4, 0.5) is 26.3 Å². The summed E-state index contributed by atoms with van der Waals surface area (Å²) in [7, 11) is -12.2. The molecule has 16 heteroatoms. The maximum Gasteiger partial charge on any atom is 0.523 e. The van der Waals surface area contributed by atoms with Gasteiger partial charge in [-0.2, -0.15) is 43.2 Å². The van der Waals surface area contributed by atoms with Crippen molar-refractivity contribution in [1.82, 2.24) is 0 Å². The summed E-state index contributed by atoms with van der Waals surface area (Å²) in [6.07, 6.45) is -3.62. The average Bonchev–Trinajstić information content (AvgIpc) is 2.79. The molecule has 0 heterocycles. The molecule has 0 saturated carbocycles. The summed E-state index contributed by atoms with van der Waals surface area (Å²) >= 11 is 0. The first kappa shape index (κ1) is 30.0. The minimum absolute atomic E-state index is 0.363. The molecule has 2 aromatic rings. The third kappa shape index (κ3) is 9.01. The Morgan fingerprint density at radius 2 is 0.889 bits per heavy atom. The lowest BCUT2D eigenvalue weighted by molar-refractivity contribution is -0.118. The van der Waals surface area contributed by atoms with Crippen molar-refractivity contribution < 1.29 is 61.0 Å². The largest absolute Gasteiger partial charge is 0.523 e. The minimum atomic E-state index is -6.12. The number of rotatable bonds is 13. The van der Waals surface area contributed by atoms with Crippen molar-refractivity contribution in [2.24, 2.45) is 0 Å². The fourth-order valence-electron chi connectivity index (χ4n) is 2.53. The highest BCUT2D eigenvalue weighted by molar-refractivity contribution is 7.87. The van der Waals surface area contributed by atoms with Crippen LogP contribution in [-0.2, 0) is 51.3 Å². The van der Waals surface area contributed by atoms with Crippen LogP contribution in [0.1, 0.15) is 11.1 Å². The summed E-state index contributed by atoms with van der Waals surface area (Å²) in [5, 5.41) is 0. The van der Waals surface area contributed by atoms with Gasteiger partial charge in [0.15, 0.2) is 0 Å². The highest BCUT2D eigenvalue weighted by atomic mass is 32.2. The van der Waals surface area contributed by atoms with E-state index in [9.17, 15) is 43.2 Å². The van der Waals surface area contributed by atoms with E-state index in [2.05, 4.69) is 8.37 Å². The number of alkyl halides is 6. The zero-order valence-electron chi connectivity index (χ0n) is 18.1. The fraction of sp³-hybridized carbons (Fsp3) is 0.400. The van der Waals surface area contributed by atoms with E-state index in [1.165, 1.54) is 24.3 Å². The average molecular weight is 566 g/mol. The molecule has 2 rings (SSSR count). The second kappa shape index (κ2) is 12.3. The van der Waals surface area contributed by atoms with Gasteiger partial charge in [0, 0.05) is 0 Å². The second-order valence-electron chi connectivity index (χ2n) is 7.04. The molecule has 0 amide bonds. The topological polar surface area (TPSA) is 105 Å². The van der Waals surface area contributed by atoms with E-state index in [4.69, 9.17) is 9.47 Å². The van der Waals surface area contributed by atoms with Crippen molar-refractivity contribution in [3.8, 4) is 0 Å². The Morgan fingerprint density at radius 1 is 0.583 bits per heavy atom. The molecular weight excluding hydrogens is 546 g/mol. The lowest BCUT2D eigenvalue weighted by Gasteiger charge is -2.27. The molecule has 202 valence electrons. The van der Waals surface area contributed by atoms with Gasteiger partial charge in [-0.25, -0.2) is 0 Å². The van der Waals surface area contributed by atoms with Gasteiger partial charge in [0.2, 0.25) is 0 Å². The molecule has 0 aromatic heterocycles. The molecule has 0 saturated heterocycles. The molecule has 0 aliphatic heterocycles. The first-order valence-corrected chi connectivity index (χ1v) is 12.7. The number of ether oxygens (including phenoxy) is 2. The Labute approximate surface area is 203 Å². The van der Waals surface area contributed by atoms with E-state index in [-0.39, 0.29) is 13.2 Å². The molecule has 0 aliphatic carbocycles. The smallest absolute Gasteiger partial charge is 0.368 e. The number of hydrogen-bond donors (Lipinski definition) is 0. The minimum Gasteiger partial charge on any atom is -0.368 e. The van der Waals surface area contributed by atoms with E-state index < -0.39 is 56.7 Å². The first-order valence-electron chi connectivity index (χ1n) is 9.85. The monoisotopic (exact) mass is 566 g/mol. The molecule has 0 N–H and O–H groups in total. The molecule has 0 unspecified atom stereocenters. The predicted molar refractivity (Wildman–Crippen MR) is 112 cm³/mol. The fourth-order valence-corrected chi connectivity index (χ4v) is 3.42. The first-order chi connectivity index (χ1) is 16.6. The van der Waals surface area contributed by atoms with E-state index in [0.717, 1.165) is 0 Å². The van der Waals surface area contributed by atoms with Crippen LogP contribution in [0.5, 0.6) is 0 Å². The standard InChI is InChI=1S/C20H20F6O8S2/c21-19(22,23)35(27,28)33-13-17(31-11-15-7-3-1-4-8-15)18(14-34-36(29,30)20(24,25)26)32-12-16-9-5-2-6-10-16/h1-10,17-18H,11-14H2/t17-,18-/m0/s1. The van der Waals surface area contributed by atoms with Gasteiger partial charge in [0.05, 0.1) is 26.4 Å². The Balaban J connectivity index is 2.30. The van der Waals surface area contributed by atoms with Gasteiger partial charge in [0.1, 0.15) is 12.2 Å². The zero-order chi connectivity index (χ0) is 27.0. The summed E-state index contributed by atoms with van der Waals surface area (Å²) in [6, 6.07) is 15.8. The summed E-state index contributed by atoms with van der Waals surface area (Å²) in [5.41, 5.74) is -10.7. The Kier molecular flexibility index (Phi) is 10.3. The Morgan fingerprint density at radius 3 is 1.17 bits per heavy atom. The van der Waals surface area contributed by atoms with Crippen molar-refractivity contribution in [3.05, 3.63) is 71.8 Å². The Bertz CT molecular complexity index is 1060. The van der Waals surface area contributed by atoms with Crippen molar-refractivity contribution in [3.63, 3.8) is 0 Å². The van der Waals surface area contributed by atoms with Gasteiger partial charge in [-0.1, -0.05) is 60.7 Å². The van der Waals surface area contributed by atoms with Gasteiger partial charge < -0.3 is 9.47 Å². The normalized spacial score (nSPS) is 14.9. The van der Waals surface area contributed by atoms with Gasteiger partial charge in [-0.15, -0.1) is 0 Å². The van der Waals surface area contributed by atoms with Crippen molar-refractivity contribution in [2.75, 3.05) is 13.2 Å². The molecule has 0 spiro atoms. The van der Waals surface area contributed by atoms with Crippen LogP contribution in [-0.4, -0.2) is 53.3 Å². The number of halogens is 6. The van der Waals surface area contributed by atoms with E-state index >= 15 is 0 Å². The van der Waals surface area contributed by atoms with Gasteiger partial charge in [0.25, 0.3) is 0 Å². The van der Waals surface area contributed by atoms with Gasteiger partial charge in [-0.3, -0.25) is 8.37 Å². The summed E-state index contributed by atoms with van der Waals surface area (Å²) in [4.78, 5) is 0. The second-order valence-corrected chi connectivity index (χ2v) is 10.3. The van der Waals surface area contributed by atoms with Crippen LogP contribution in [0.25, 0.3) is 0 Å². The highest BCUT2D eigenvalue weighted by Crippen LogP contribution is 2.27. The highest BCUT2D eigenvalue weighted by Gasteiger charge is 2.49. The zero-order valence-corrected chi connectivity index (χ0v) is 19.7. The van der Waals surface area contributed by atoms with Gasteiger partial charge >= 0.3 is 31.3 Å². The lowest BCUT2D eigenvalue weighted by Crippen LogP contribution is -2.42. The summed E-state index contributed by atoms with van der Waals surface area (Å²) in [6.45, 7) is -3.47. The molecular formula is C20H20F6O8S2. The number of hydrogen-bond acceptors (Lipinski definition) is 8. The lowest BCUT2D eigenvalue weighted by atomic mass is 10.2. The van der Waals surface area contributed by atoms with Crippen molar-refractivity contribution >= 4 is 20.2 Å². The van der Waals surface area contributed by atoms with Crippen LogP contribution in [0, 0.1) is 0 Å². The molecule has 0 radical (unpaired) electrons. The molecule has 2 atom stereocenters. The Hall–Kier alpha value is -2.24. The van der Waals surface area contributed by atoms with Crippen molar-refractivity contribution in [2.45, 2.75) is 36.4 Å². The molecule has 2 aromatic carbocycles. The summed E-state index contributed by atoms with van der Waals surface area (Å²) < 4.78 is 141. The van der Waals surface area contributed by atoms with Crippen LogP contribution in [0.3, 0.4) is 0 Å². The molecule has 36 heavy (non-hydrogen) atoms. The third-order valence-electron chi connectivity index (χ3n) is 4.37. The van der Waals surface area contributed by atoms with E-state index in [0.29, 0.717) is 11.1 Å². The maximum atomic E-state index is 12.7. The van der Waals surface area contributed by atoms with E-state index in [1.54, 1.807) is 36.4 Å². The predicted octanol–water partition coefficient (Wildman–Crippen LogP) is 3.89. The van der Waals surface area contributed by atoms with E-state index in [1.807, 2.05) is 0 Å². The molecule has 0 aliphatic rings. The quantitative estimate of drug-likeness (QED) is 0.204. The third-order valence-corrected chi connectivity index (χ3v) is 6.40. The molecule has 0 bridgehead atoms. The van der Waals surface area contributed by atoms with Crippen LogP contribution >= 0.6 is 0 Å². The summed E-state index contributed by atoms with van der Waals surface area (Å²) in [5.74, 6) is 0. The SMILES string of the molecule is O=S(=O)(OC[C@H](OCc1ccccc1)[C@H](COS(=O)(=O)C(F)(F)F)OCc1ccccc1)C(F)(F)F. The van der Waals surface area contributed by atoms with Gasteiger partial charge in [-0.05, 0) is 11.1 Å². The molecule has 0 fully saturated rings. The van der Waals surface area contributed by atoms with Crippen LogP contribution in [0.2, 0.25) is 0 Å². The van der Waals surface area contributed by atoms with Crippen LogP contribution < -0.4 is 0 Å². The molecule has 8 nitrogen and oxygen atoms in total. The maximum absolute atomic E-state index is 12.7. The van der Waals surface area contributed by atoms with Crippen molar-refractivity contribution in [1.29, 1.82) is 0 Å². The van der Waals surface area contributed by atoms with Crippen LogP contribution in [0.15, 0.2) is 60.7 Å². The number of benzene rings is 2.